The Morgan fingerprint density at radius 1 is 1.38 bits per heavy atom. The minimum Gasteiger partial charge on any atom is -0.493 e. The minimum absolute atomic E-state index is 0.00236. The fourth-order valence-electron chi connectivity index (χ4n) is 1.13. The van der Waals surface area contributed by atoms with E-state index in [0.717, 1.165) is 5.69 Å². The highest BCUT2D eigenvalue weighted by molar-refractivity contribution is 5.20. The lowest BCUT2D eigenvalue weighted by atomic mass is 9.93. The fourth-order valence-corrected chi connectivity index (χ4v) is 1.13. The molecule has 1 rings (SSSR count). The van der Waals surface area contributed by atoms with E-state index in [1.165, 1.54) is 0 Å². The van der Waals surface area contributed by atoms with E-state index in [0.29, 0.717) is 0 Å². The maximum absolute atomic E-state index is 9.57. The van der Waals surface area contributed by atoms with Crippen molar-refractivity contribution in [2.24, 2.45) is 0 Å². The molecule has 0 bridgehead atoms. The smallest absolute Gasteiger partial charge is 0.209 e. The zero-order valence-corrected chi connectivity index (χ0v) is 9.00. The van der Waals surface area contributed by atoms with Gasteiger partial charge in [0, 0.05) is 11.5 Å². The van der Waals surface area contributed by atoms with Gasteiger partial charge in [0.15, 0.2) is 0 Å². The quantitative estimate of drug-likeness (QED) is 0.724. The first-order valence-corrected chi connectivity index (χ1v) is 4.61. The van der Waals surface area contributed by atoms with Gasteiger partial charge in [0.2, 0.25) is 5.88 Å². The van der Waals surface area contributed by atoms with Gasteiger partial charge < -0.3 is 5.11 Å². The van der Waals surface area contributed by atoms with Crippen LogP contribution in [0.15, 0.2) is 6.07 Å². The van der Waals surface area contributed by atoms with Crippen molar-refractivity contribution in [2.45, 2.75) is 46.1 Å². The molecule has 0 saturated heterocycles. The molecule has 0 aliphatic heterocycles. The largest absolute Gasteiger partial charge is 0.493 e. The molecular weight excluding hydrogens is 164 g/mol. The van der Waals surface area contributed by atoms with Gasteiger partial charge in [-0.15, -0.1) is 0 Å². The van der Waals surface area contributed by atoms with Gasteiger partial charge in [-0.25, -0.2) is 4.68 Å². The Hall–Kier alpha value is -0.990. The molecular formula is C10H18N2O. The monoisotopic (exact) mass is 182 g/mol. The highest BCUT2D eigenvalue weighted by Gasteiger charge is 2.20. The zero-order valence-electron chi connectivity index (χ0n) is 9.00. The molecule has 1 aromatic heterocycles. The number of rotatable bonds is 1. The van der Waals surface area contributed by atoms with E-state index in [9.17, 15) is 5.11 Å². The van der Waals surface area contributed by atoms with Crippen LogP contribution in [-0.2, 0) is 5.41 Å². The fraction of sp³-hybridized carbons (Fsp3) is 0.700. The number of nitrogens with zero attached hydrogens (tertiary/aromatic N) is 2. The molecule has 74 valence electrons. The predicted molar refractivity (Wildman–Crippen MR) is 53.0 cm³/mol. The van der Waals surface area contributed by atoms with Crippen LogP contribution in [0.2, 0.25) is 0 Å². The molecule has 0 aromatic carbocycles. The highest BCUT2D eigenvalue weighted by Crippen LogP contribution is 2.26. The Kier molecular flexibility index (Phi) is 2.37. The molecule has 0 unspecified atom stereocenters. The molecule has 1 aromatic rings. The van der Waals surface area contributed by atoms with Crippen LogP contribution < -0.4 is 0 Å². The Morgan fingerprint density at radius 2 is 1.92 bits per heavy atom. The average molecular weight is 182 g/mol. The van der Waals surface area contributed by atoms with E-state index in [1.54, 1.807) is 10.7 Å². The van der Waals surface area contributed by atoms with E-state index >= 15 is 0 Å². The van der Waals surface area contributed by atoms with Gasteiger partial charge in [0.1, 0.15) is 0 Å². The topological polar surface area (TPSA) is 38.0 Å². The van der Waals surface area contributed by atoms with Crippen molar-refractivity contribution >= 4 is 0 Å². The predicted octanol–water partition coefficient (Wildman–Crippen LogP) is 2.47. The molecule has 1 N–H and O–H groups in total. The van der Waals surface area contributed by atoms with Crippen LogP contribution in [0, 0.1) is 0 Å². The molecule has 0 amide bonds. The van der Waals surface area contributed by atoms with Crippen LogP contribution in [0.1, 0.15) is 46.4 Å². The number of aromatic nitrogens is 2. The number of aromatic hydroxyl groups is 1. The lowest BCUT2D eigenvalue weighted by Gasteiger charge is -2.14. The van der Waals surface area contributed by atoms with Crippen molar-refractivity contribution in [3.05, 3.63) is 11.8 Å². The standard InChI is InChI=1S/C10H18N2O/c1-7(2)12-9(13)6-8(11-12)10(3,4)5/h6-7,13H,1-5H3. The van der Waals surface area contributed by atoms with Crippen molar-refractivity contribution in [3.63, 3.8) is 0 Å². The maximum Gasteiger partial charge on any atom is 0.209 e. The molecule has 0 fully saturated rings. The van der Waals surface area contributed by atoms with E-state index in [-0.39, 0.29) is 17.3 Å². The summed E-state index contributed by atoms with van der Waals surface area (Å²) in [4.78, 5) is 0. The van der Waals surface area contributed by atoms with Crippen molar-refractivity contribution in [1.29, 1.82) is 0 Å². The van der Waals surface area contributed by atoms with Crippen molar-refractivity contribution in [1.82, 2.24) is 9.78 Å². The third-order valence-corrected chi connectivity index (χ3v) is 1.97. The minimum atomic E-state index is -0.00236. The summed E-state index contributed by atoms with van der Waals surface area (Å²) >= 11 is 0. The van der Waals surface area contributed by atoms with Gasteiger partial charge in [-0.3, -0.25) is 0 Å². The lowest BCUT2D eigenvalue weighted by molar-refractivity contribution is 0.375. The third-order valence-electron chi connectivity index (χ3n) is 1.97. The summed E-state index contributed by atoms with van der Waals surface area (Å²) in [6.07, 6.45) is 0. The second kappa shape index (κ2) is 3.05. The Bertz CT molecular complexity index is 294. The van der Waals surface area contributed by atoms with Crippen molar-refractivity contribution in [3.8, 4) is 5.88 Å². The summed E-state index contributed by atoms with van der Waals surface area (Å²) in [6, 6.07) is 1.94. The van der Waals surface area contributed by atoms with E-state index < -0.39 is 0 Å². The summed E-state index contributed by atoms with van der Waals surface area (Å²) in [6.45, 7) is 10.2. The van der Waals surface area contributed by atoms with Gasteiger partial charge in [0.05, 0.1) is 11.7 Å². The second-order valence-corrected chi connectivity index (χ2v) is 4.68. The zero-order chi connectivity index (χ0) is 10.2. The van der Waals surface area contributed by atoms with Gasteiger partial charge in [-0.05, 0) is 13.8 Å². The highest BCUT2D eigenvalue weighted by atomic mass is 16.3. The van der Waals surface area contributed by atoms with Crippen LogP contribution in [-0.4, -0.2) is 14.9 Å². The maximum atomic E-state index is 9.57. The molecule has 0 aliphatic carbocycles. The SMILES string of the molecule is CC(C)n1nc(C(C)(C)C)cc1O. The first-order valence-electron chi connectivity index (χ1n) is 4.61. The summed E-state index contributed by atoms with van der Waals surface area (Å²) in [5.41, 5.74) is 0.927. The van der Waals surface area contributed by atoms with Crippen LogP contribution in [0.25, 0.3) is 0 Å². The van der Waals surface area contributed by atoms with Crippen LogP contribution >= 0.6 is 0 Å². The molecule has 3 heteroatoms. The molecule has 1 heterocycles. The Labute approximate surface area is 79.4 Å². The summed E-state index contributed by atoms with van der Waals surface area (Å²) in [5, 5.41) is 13.9. The van der Waals surface area contributed by atoms with Crippen molar-refractivity contribution < 1.29 is 5.11 Å². The summed E-state index contributed by atoms with van der Waals surface area (Å²) in [7, 11) is 0. The Balaban J connectivity index is 3.10. The molecule has 3 nitrogen and oxygen atoms in total. The second-order valence-electron chi connectivity index (χ2n) is 4.68. The third kappa shape index (κ3) is 2.02. The van der Waals surface area contributed by atoms with Crippen LogP contribution in [0.5, 0.6) is 5.88 Å². The number of hydrogen-bond acceptors (Lipinski definition) is 2. The molecule has 0 radical (unpaired) electrons. The first-order chi connectivity index (χ1) is 5.82. The van der Waals surface area contributed by atoms with E-state index in [2.05, 4.69) is 25.9 Å². The summed E-state index contributed by atoms with van der Waals surface area (Å²) in [5.74, 6) is 0.250. The van der Waals surface area contributed by atoms with E-state index in [1.807, 2.05) is 13.8 Å². The lowest BCUT2D eigenvalue weighted by Crippen LogP contribution is -2.13. The van der Waals surface area contributed by atoms with Gasteiger partial charge in [-0.1, -0.05) is 20.8 Å². The van der Waals surface area contributed by atoms with Gasteiger partial charge in [-0.2, -0.15) is 5.10 Å². The van der Waals surface area contributed by atoms with Crippen LogP contribution in [0.4, 0.5) is 0 Å². The molecule has 0 aliphatic rings. The van der Waals surface area contributed by atoms with Crippen molar-refractivity contribution in [2.75, 3.05) is 0 Å². The van der Waals surface area contributed by atoms with Crippen LogP contribution in [0.3, 0.4) is 0 Å². The molecule has 0 atom stereocenters. The van der Waals surface area contributed by atoms with Gasteiger partial charge in [0.25, 0.3) is 0 Å². The molecule has 0 spiro atoms. The molecule has 13 heavy (non-hydrogen) atoms. The average Bonchev–Trinajstić information content (AvgIpc) is 2.29. The van der Waals surface area contributed by atoms with Gasteiger partial charge >= 0.3 is 0 Å². The molecule has 0 saturated carbocycles. The van der Waals surface area contributed by atoms with E-state index in [4.69, 9.17) is 0 Å². The Morgan fingerprint density at radius 3 is 2.15 bits per heavy atom. The normalized spacial score (nSPS) is 12.5. The number of hydrogen-bond donors (Lipinski definition) is 1. The summed E-state index contributed by atoms with van der Waals surface area (Å²) < 4.78 is 1.64. The first kappa shape index (κ1) is 10.1.